The highest BCUT2D eigenvalue weighted by Gasteiger charge is 2.77. The first-order valence-electron chi connectivity index (χ1n) is 6.27. The van der Waals surface area contributed by atoms with Gasteiger partial charge in [0, 0.05) is 0 Å². The van der Waals surface area contributed by atoms with Gasteiger partial charge in [0.25, 0.3) is 5.41 Å². The van der Waals surface area contributed by atoms with Gasteiger partial charge in [0.05, 0.1) is 7.11 Å². The molecule has 0 aliphatic rings. The zero-order valence-electron chi connectivity index (χ0n) is 11.6. The number of rotatable bonds is 2. The molecule has 0 spiro atoms. The van der Waals surface area contributed by atoms with Crippen molar-refractivity contribution < 1.29 is 35.9 Å². The zero-order chi connectivity index (χ0) is 17.5. The first kappa shape index (κ1) is 17.1. The molecule has 0 atom stereocenters. The summed E-state index contributed by atoms with van der Waals surface area (Å²) in [6, 6.07) is 8.24. The Morgan fingerprint density at radius 1 is 0.870 bits per heavy atom. The van der Waals surface area contributed by atoms with Gasteiger partial charge >= 0.3 is 18.3 Å². The van der Waals surface area contributed by atoms with Crippen LogP contribution in [0.25, 0.3) is 10.8 Å². The molecule has 0 aromatic heterocycles. The van der Waals surface area contributed by atoms with E-state index in [0.29, 0.717) is 13.2 Å². The van der Waals surface area contributed by atoms with Crippen molar-refractivity contribution in [3.8, 4) is 0 Å². The molecule has 8 heteroatoms. The Bertz CT molecular complexity index is 713. The summed E-state index contributed by atoms with van der Waals surface area (Å²) >= 11 is 0. The Morgan fingerprint density at radius 3 is 1.91 bits per heavy atom. The van der Waals surface area contributed by atoms with Gasteiger partial charge in [-0.2, -0.15) is 26.3 Å². The Morgan fingerprint density at radius 2 is 1.39 bits per heavy atom. The standard InChI is InChI=1S/C15H10F6O2/c1-23-12(22)13(14(16,17)18,15(19,20)21)11-8-4-6-9-5-2-3-7-10(9)11/h2-8H,1H3. The number of hydrogen-bond acceptors (Lipinski definition) is 2. The monoisotopic (exact) mass is 336 g/mol. The van der Waals surface area contributed by atoms with Crippen molar-refractivity contribution in [3.63, 3.8) is 0 Å². The Balaban J connectivity index is 2.99. The van der Waals surface area contributed by atoms with Gasteiger partial charge < -0.3 is 4.74 Å². The second-order valence-corrected chi connectivity index (χ2v) is 4.76. The maximum Gasteiger partial charge on any atom is 0.417 e. The molecule has 23 heavy (non-hydrogen) atoms. The molecule has 0 saturated carbocycles. The van der Waals surface area contributed by atoms with E-state index in [4.69, 9.17) is 0 Å². The molecule has 2 aromatic carbocycles. The first-order chi connectivity index (χ1) is 10.6. The fraction of sp³-hybridized carbons (Fsp3) is 0.267. The number of halogens is 6. The summed E-state index contributed by atoms with van der Waals surface area (Å²) in [4.78, 5) is 11.7. The molecule has 2 rings (SSSR count). The Hall–Kier alpha value is -2.25. The molecular weight excluding hydrogens is 326 g/mol. The van der Waals surface area contributed by atoms with E-state index in [-0.39, 0.29) is 10.8 Å². The molecule has 0 heterocycles. The van der Waals surface area contributed by atoms with Crippen LogP contribution in [0.2, 0.25) is 0 Å². The fourth-order valence-electron chi connectivity index (χ4n) is 2.51. The number of alkyl halides is 6. The molecule has 0 radical (unpaired) electrons. The van der Waals surface area contributed by atoms with E-state index < -0.39 is 29.3 Å². The van der Waals surface area contributed by atoms with Crippen LogP contribution >= 0.6 is 0 Å². The largest absolute Gasteiger partial charge is 0.468 e. The normalized spacial score (nSPS) is 13.2. The minimum atomic E-state index is -5.93. The molecule has 124 valence electrons. The molecule has 0 amide bonds. The number of benzene rings is 2. The second-order valence-electron chi connectivity index (χ2n) is 4.76. The molecule has 2 aromatic rings. The van der Waals surface area contributed by atoms with Gasteiger partial charge in [-0.3, -0.25) is 4.79 Å². The molecule has 0 aliphatic heterocycles. The summed E-state index contributed by atoms with van der Waals surface area (Å²) in [5, 5.41) is -0.179. The van der Waals surface area contributed by atoms with Crippen molar-refractivity contribution in [2.45, 2.75) is 17.8 Å². The molecule has 0 saturated heterocycles. The number of carbonyl (C=O) groups is 1. The van der Waals surface area contributed by atoms with Crippen molar-refractivity contribution in [1.29, 1.82) is 0 Å². The Labute approximate surface area is 126 Å². The summed E-state index contributed by atoms with van der Waals surface area (Å²) in [5.74, 6) is -2.42. The second kappa shape index (κ2) is 5.43. The van der Waals surface area contributed by atoms with Crippen LogP contribution in [0.5, 0.6) is 0 Å². The molecule has 0 N–H and O–H groups in total. The third-order valence-corrected chi connectivity index (χ3v) is 3.54. The van der Waals surface area contributed by atoms with Crippen LogP contribution in [0.15, 0.2) is 42.5 Å². The van der Waals surface area contributed by atoms with Gasteiger partial charge in [-0.25, -0.2) is 0 Å². The molecule has 0 fully saturated rings. The number of methoxy groups -OCH3 is 1. The third kappa shape index (κ3) is 2.42. The lowest BCUT2D eigenvalue weighted by atomic mass is 9.76. The van der Waals surface area contributed by atoms with Crippen molar-refractivity contribution >= 4 is 16.7 Å². The lowest BCUT2D eigenvalue weighted by Gasteiger charge is -2.35. The van der Waals surface area contributed by atoms with E-state index in [2.05, 4.69) is 4.74 Å². The van der Waals surface area contributed by atoms with E-state index in [9.17, 15) is 31.1 Å². The highest BCUT2D eigenvalue weighted by atomic mass is 19.4. The highest BCUT2D eigenvalue weighted by molar-refractivity contribution is 5.95. The molecular formula is C15H10F6O2. The Kier molecular flexibility index (Phi) is 4.04. The summed E-state index contributed by atoms with van der Waals surface area (Å²) < 4.78 is 84.9. The van der Waals surface area contributed by atoms with Gasteiger partial charge in [0.15, 0.2) is 0 Å². The van der Waals surface area contributed by atoms with E-state index in [1.165, 1.54) is 24.3 Å². The van der Waals surface area contributed by atoms with Gasteiger partial charge in [-0.15, -0.1) is 0 Å². The van der Waals surface area contributed by atoms with Crippen LogP contribution < -0.4 is 0 Å². The van der Waals surface area contributed by atoms with E-state index in [1.807, 2.05) is 0 Å². The van der Waals surface area contributed by atoms with Crippen LogP contribution in [-0.2, 0) is 14.9 Å². The van der Waals surface area contributed by atoms with Crippen LogP contribution in [0.3, 0.4) is 0 Å². The van der Waals surface area contributed by atoms with Crippen LogP contribution in [0, 0.1) is 0 Å². The summed E-state index contributed by atoms with van der Waals surface area (Å²) in [5.41, 5.74) is -5.96. The van der Waals surface area contributed by atoms with E-state index in [1.54, 1.807) is 0 Å². The van der Waals surface area contributed by atoms with Crippen molar-refractivity contribution in [2.75, 3.05) is 7.11 Å². The van der Waals surface area contributed by atoms with E-state index >= 15 is 0 Å². The van der Waals surface area contributed by atoms with E-state index in [0.717, 1.165) is 12.1 Å². The number of carbonyl (C=O) groups excluding carboxylic acids is 1. The average Bonchev–Trinajstić information content (AvgIpc) is 2.45. The molecule has 0 aliphatic carbocycles. The average molecular weight is 336 g/mol. The lowest BCUT2D eigenvalue weighted by molar-refractivity contribution is -0.298. The quantitative estimate of drug-likeness (QED) is 0.601. The molecule has 2 nitrogen and oxygen atoms in total. The fourth-order valence-corrected chi connectivity index (χ4v) is 2.51. The number of fused-ring (bicyclic) bond motifs is 1. The third-order valence-electron chi connectivity index (χ3n) is 3.54. The number of ether oxygens (including phenoxy) is 1. The zero-order valence-corrected chi connectivity index (χ0v) is 11.6. The van der Waals surface area contributed by atoms with Crippen molar-refractivity contribution in [3.05, 3.63) is 48.0 Å². The number of esters is 1. The van der Waals surface area contributed by atoms with Gasteiger partial charge in [0.1, 0.15) is 0 Å². The SMILES string of the molecule is COC(=O)C(c1cccc2ccccc12)(C(F)(F)F)C(F)(F)F. The summed E-state index contributed by atoms with van der Waals surface area (Å²) in [6.07, 6.45) is -11.9. The predicted molar refractivity (Wildman–Crippen MR) is 69.8 cm³/mol. The maximum absolute atomic E-state index is 13.5. The van der Waals surface area contributed by atoms with Crippen LogP contribution in [0.4, 0.5) is 26.3 Å². The van der Waals surface area contributed by atoms with Crippen LogP contribution in [0.1, 0.15) is 5.56 Å². The minimum absolute atomic E-state index is 0.145. The smallest absolute Gasteiger partial charge is 0.417 e. The predicted octanol–water partition coefficient (Wildman–Crippen LogP) is 4.38. The lowest BCUT2D eigenvalue weighted by Crippen LogP contribution is -2.60. The van der Waals surface area contributed by atoms with Gasteiger partial charge in [-0.1, -0.05) is 42.5 Å². The summed E-state index contributed by atoms with van der Waals surface area (Å²) in [7, 11) is 0.486. The molecule has 0 unspecified atom stereocenters. The first-order valence-corrected chi connectivity index (χ1v) is 6.27. The molecule has 0 bridgehead atoms. The summed E-state index contributed by atoms with van der Waals surface area (Å²) in [6.45, 7) is 0. The van der Waals surface area contributed by atoms with Gasteiger partial charge in [-0.05, 0) is 16.3 Å². The minimum Gasteiger partial charge on any atom is -0.468 e. The van der Waals surface area contributed by atoms with Crippen LogP contribution in [-0.4, -0.2) is 25.4 Å². The van der Waals surface area contributed by atoms with Crippen molar-refractivity contribution in [2.24, 2.45) is 0 Å². The van der Waals surface area contributed by atoms with Gasteiger partial charge in [0.2, 0.25) is 0 Å². The number of hydrogen-bond donors (Lipinski definition) is 0. The van der Waals surface area contributed by atoms with Crippen molar-refractivity contribution in [1.82, 2.24) is 0 Å². The maximum atomic E-state index is 13.5. The topological polar surface area (TPSA) is 26.3 Å². The highest BCUT2D eigenvalue weighted by Crippen LogP contribution is 2.54.